The lowest BCUT2D eigenvalue weighted by molar-refractivity contribution is -0.137. The highest BCUT2D eigenvalue weighted by Crippen LogP contribution is 2.28. The first-order chi connectivity index (χ1) is 12.2. The molecule has 1 aliphatic carbocycles. The number of nitrogens with one attached hydrogen (secondary N) is 2. The van der Waals surface area contributed by atoms with Gasteiger partial charge in [0.15, 0.2) is 0 Å². The first-order valence-electron chi connectivity index (χ1n) is 9.95. The first kappa shape index (κ1) is 24.2. The molecule has 1 aliphatic heterocycles. The number of hydrogen-bond donors (Lipinski definition) is 3. The van der Waals surface area contributed by atoms with E-state index in [9.17, 15) is 4.79 Å². The molecule has 1 saturated heterocycles. The van der Waals surface area contributed by atoms with Gasteiger partial charge in [-0.1, -0.05) is 24.3 Å². The summed E-state index contributed by atoms with van der Waals surface area (Å²) in [6.07, 6.45) is 8.37. The van der Waals surface area contributed by atoms with Crippen LogP contribution in [0.3, 0.4) is 0 Å². The average Bonchev–Trinajstić information content (AvgIpc) is 2.66. The normalized spacial score (nSPS) is 23.1. The van der Waals surface area contributed by atoms with Crippen LogP contribution in [0.15, 0.2) is 24.3 Å². The Morgan fingerprint density at radius 1 is 1.00 bits per heavy atom. The van der Waals surface area contributed by atoms with Crippen molar-refractivity contribution in [3.63, 3.8) is 0 Å². The van der Waals surface area contributed by atoms with Crippen LogP contribution in [0.25, 0.3) is 0 Å². The minimum Gasteiger partial charge on any atom is -0.481 e. The molecule has 27 heavy (non-hydrogen) atoms. The van der Waals surface area contributed by atoms with Gasteiger partial charge in [-0.15, -0.1) is 24.8 Å². The fraction of sp³-hybridized carbons (Fsp3) is 0.667. The molecule has 0 unspecified atom stereocenters. The highest BCUT2D eigenvalue weighted by molar-refractivity contribution is 5.85. The zero-order valence-corrected chi connectivity index (χ0v) is 17.6. The summed E-state index contributed by atoms with van der Waals surface area (Å²) in [5, 5.41) is 15.9. The van der Waals surface area contributed by atoms with Crippen molar-refractivity contribution in [1.82, 2.24) is 10.6 Å². The Morgan fingerprint density at radius 2 is 1.63 bits per heavy atom. The molecule has 0 atom stereocenters. The quantitative estimate of drug-likeness (QED) is 0.611. The molecule has 0 amide bonds. The van der Waals surface area contributed by atoms with Crippen molar-refractivity contribution in [2.24, 2.45) is 5.92 Å². The van der Waals surface area contributed by atoms with E-state index in [-0.39, 0.29) is 24.8 Å². The molecule has 1 saturated carbocycles. The molecular formula is C21H34Cl2N2O2. The fourth-order valence-electron chi connectivity index (χ4n) is 4.31. The van der Waals surface area contributed by atoms with Crippen LogP contribution < -0.4 is 10.6 Å². The predicted octanol–water partition coefficient (Wildman–Crippen LogP) is 4.51. The van der Waals surface area contributed by atoms with Crippen LogP contribution in [0.2, 0.25) is 0 Å². The van der Waals surface area contributed by atoms with E-state index in [1.807, 2.05) is 0 Å². The summed E-state index contributed by atoms with van der Waals surface area (Å²) in [7, 11) is 0. The summed E-state index contributed by atoms with van der Waals surface area (Å²) >= 11 is 0. The van der Waals surface area contributed by atoms with E-state index < -0.39 is 5.97 Å². The Morgan fingerprint density at radius 3 is 2.22 bits per heavy atom. The van der Waals surface area contributed by atoms with Crippen molar-refractivity contribution in [3.8, 4) is 0 Å². The molecule has 3 N–H and O–H groups in total. The van der Waals surface area contributed by atoms with Gasteiger partial charge in [0.2, 0.25) is 0 Å². The third-order valence-corrected chi connectivity index (χ3v) is 6.00. The van der Waals surface area contributed by atoms with Gasteiger partial charge in [-0.25, -0.2) is 0 Å². The van der Waals surface area contributed by atoms with Gasteiger partial charge in [0, 0.05) is 19.0 Å². The summed E-state index contributed by atoms with van der Waals surface area (Å²) in [5.41, 5.74) is 2.86. The molecule has 0 bridgehead atoms. The second-order valence-corrected chi connectivity index (χ2v) is 7.80. The van der Waals surface area contributed by atoms with Crippen LogP contribution in [0.1, 0.15) is 68.4 Å². The second-order valence-electron chi connectivity index (χ2n) is 7.80. The number of aliphatic carboxylic acids is 1. The summed E-state index contributed by atoms with van der Waals surface area (Å²) in [6, 6.07) is 9.78. The molecule has 1 aromatic carbocycles. The highest BCUT2D eigenvalue weighted by atomic mass is 35.5. The molecule has 4 nitrogen and oxygen atoms in total. The first-order valence-corrected chi connectivity index (χ1v) is 9.95. The van der Waals surface area contributed by atoms with E-state index in [4.69, 9.17) is 5.11 Å². The van der Waals surface area contributed by atoms with Crippen LogP contribution in [0, 0.1) is 5.92 Å². The van der Waals surface area contributed by atoms with E-state index >= 15 is 0 Å². The van der Waals surface area contributed by atoms with Gasteiger partial charge in [0.05, 0.1) is 0 Å². The maximum absolute atomic E-state index is 10.7. The lowest BCUT2D eigenvalue weighted by atomic mass is 9.83. The third-order valence-electron chi connectivity index (χ3n) is 6.00. The molecule has 2 fully saturated rings. The number of hydrogen-bond acceptors (Lipinski definition) is 3. The SMILES string of the molecule is Cl.Cl.O=C(O)CC[C@H]1CC[C@H](NCc2ccc(C3CCNCC3)cc2)CC1. The van der Waals surface area contributed by atoms with Crippen LogP contribution in [-0.4, -0.2) is 30.2 Å². The Hall–Kier alpha value is -0.810. The van der Waals surface area contributed by atoms with Crippen LogP contribution >= 0.6 is 24.8 Å². The van der Waals surface area contributed by atoms with E-state index in [1.54, 1.807) is 0 Å². The number of benzene rings is 1. The maximum Gasteiger partial charge on any atom is 0.303 e. The minimum absolute atomic E-state index is 0. The lowest BCUT2D eigenvalue weighted by Crippen LogP contribution is -2.32. The average molecular weight is 417 g/mol. The topological polar surface area (TPSA) is 61.4 Å². The Kier molecular flexibility index (Phi) is 11.3. The fourth-order valence-corrected chi connectivity index (χ4v) is 4.31. The van der Waals surface area contributed by atoms with Crippen molar-refractivity contribution in [2.45, 2.75) is 69.9 Å². The number of carbonyl (C=O) groups is 1. The van der Waals surface area contributed by atoms with E-state index in [0.29, 0.717) is 18.4 Å². The van der Waals surface area contributed by atoms with Crippen molar-refractivity contribution in [3.05, 3.63) is 35.4 Å². The van der Waals surface area contributed by atoms with Gasteiger partial charge < -0.3 is 15.7 Å². The van der Waals surface area contributed by atoms with Crippen molar-refractivity contribution >= 4 is 30.8 Å². The standard InChI is InChI=1S/C21H32N2O2.2ClH/c24-21(25)10-5-16-3-8-20(9-4-16)23-15-17-1-6-18(7-2-17)19-11-13-22-14-12-19;;/h1-2,6-7,16,19-20,22-23H,3-5,8-15H2,(H,24,25);2*1H/t16-,20-;;. The summed E-state index contributed by atoms with van der Waals surface area (Å²) in [4.78, 5) is 10.7. The zero-order valence-electron chi connectivity index (χ0n) is 16.0. The minimum atomic E-state index is -0.659. The Balaban J connectivity index is 0.00000182. The molecule has 0 spiro atoms. The molecule has 1 aromatic rings. The second kappa shape index (κ2) is 12.6. The number of rotatable bonds is 7. The largest absolute Gasteiger partial charge is 0.481 e. The number of carboxylic acids is 1. The smallest absolute Gasteiger partial charge is 0.303 e. The molecule has 3 rings (SSSR count). The van der Waals surface area contributed by atoms with Crippen LogP contribution in [0.4, 0.5) is 0 Å². The maximum atomic E-state index is 10.7. The molecule has 1 heterocycles. The van der Waals surface area contributed by atoms with Crippen LogP contribution in [0.5, 0.6) is 0 Å². The van der Waals surface area contributed by atoms with Crippen molar-refractivity contribution < 1.29 is 9.90 Å². The molecule has 0 radical (unpaired) electrons. The molecule has 154 valence electrons. The number of halogens is 2. The van der Waals surface area contributed by atoms with Gasteiger partial charge >= 0.3 is 5.97 Å². The van der Waals surface area contributed by atoms with Gasteiger partial charge in [0.25, 0.3) is 0 Å². The van der Waals surface area contributed by atoms with Gasteiger partial charge in [-0.2, -0.15) is 0 Å². The van der Waals surface area contributed by atoms with Gasteiger partial charge in [-0.05, 0) is 81.0 Å². The molecule has 0 aromatic heterocycles. The zero-order chi connectivity index (χ0) is 17.5. The van der Waals surface area contributed by atoms with Gasteiger partial charge in [-0.3, -0.25) is 4.79 Å². The molecule has 6 heteroatoms. The number of piperidine rings is 1. The van der Waals surface area contributed by atoms with Crippen molar-refractivity contribution in [1.29, 1.82) is 0 Å². The monoisotopic (exact) mass is 416 g/mol. The Bertz CT molecular complexity index is 540. The predicted molar refractivity (Wildman–Crippen MR) is 115 cm³/mol. The molecular weight excluding hydrogens is 383 g/mol. The lowest BCUT2D eigenvalue weighted by Gasteiger charge is -2.29. The summed E-state index contributed by atoms with van der Waals surface area (Å²) in [6.45, 7) is 3.23. The molecule has 2 aliphatic rings. The Labute approximate surface area is 175 Å². The highest BCUT2D eigenvalue weighted by Gasteiger charge is 2.21. The van der Waals surface area contributed by atoms with E-state index in [2.05, 4.69) is 34.9 Å². The number of carboxylic acid groups (broad SMARTS) is 1. The summed E-state index contributed by atoms with van der Waals surface area (Å²) < 4.78 is 0. The van der Waals surface area contributed by atoms with Crippen LogP contribution in [-0.2, 0) is 11.3 Å². The van der Waals surface area contributed by atoms with Crippen molar-refractivity contribution in [2.75, 3.05) is 13.1 Å². The van der Waals surface area contributed by atoms with Gasteiger partial charge in [0.1, 0.15) is 0 Å². The van der Waals surface area contributed by atoms with E-state index in [0.717, 1.165) is 32.0 Å². The third kappa shape index (κ3) is 7.98. The van der Waals surface area contributed by atoms with E-state index in [1.165, 1.54) is 49.7 Å². The summed E-state index contributed by atoms with van der Waals surface area (Å²) in [5.74, 6) is 0.677.